The molecule has 3 N–H and O–H groups in total. The van der Waals surface area contributed by atoms with Gasteiger partial charge >= 0.3 is 0 Å². The van der Waals surface area contributed by atoms with Crippen LogP contribution in [-0.4, -0.2) is 30.8 Å². The largest absolute Gasteiger partial charge is 0.494 e. The number of hydrogen-bond acceptors (Lipinski definition) is 4. The van der Waals surface area contributed by atoms with Gasteiger partial charge in [-0.25, -0.2) is 0 Å². The smallest absolute Gasteiger partial charge is 0.202 e. The number of benzene rings is 1. The van der Waals surface area contributed by atoms with Crippen molar-refractivity contribution in [2.24, 2.45) is 0 Å². The number of ketones is 1. The summed E-state index contributed by atoms with van der Waals surface area (Å²) in [5.74, 6) is -0.0377. The normalized spacial score (nSPS) is 22.7. The van der Waals surface area contributed by atoms with Crippen molar-refractivity contribution in [3.05, 3.63) is 35.5 Å². The van der Waals surface area contributed by atoms with E-state index in [4.69, 9.17) is 0 Å². The average molecular weight is 309 g/mol. The fourth-order valence-corrected chi connectivity index (χ4v) is 4.21. The number of hydrogen-bond donors (Lipinski definition) is 3. The van der Waals surface area contributed by atoms with Crippen LogP contribution < -0.4 is 0 Å². The van der Waals surface area contributed by atoms with Crippen molar-refractivity contribution < 1.29 is 15.0 Å². The van der Waals surface area contributed by atoms with Crippen LogP contribution in [0.1, 0.15) is 42.2 Å². The third kappa shape index (κ3) is 1.52. The second-order valence-corrected chi connectivity index (χ2v) is 6.45. The van der Waals surface area contributed by atoms with Gasteiger partial charge in [-0.3, -0.25) is 14.5 Å². The molecule has 0 spiro atoms. The molecule has 6 nitrogen and oxygen atoms in total. The molecule has 6 rings (SSSR count). The maximum absolute atomic E-state index is 12.2. The molecule has 2 atom stereocenters. The van der Waals surface area contributed by atoms with Gasteiger partial charge in [-0.15, -0.1) is 0 Å². The molecule has 0 amide bonds. The fourth-order valence-electron chi connectivity index (χ4n) is 4.21. The van der Waals surface area contributed by atoms with Gasteiger partial charge in [-0.05, 0) is 37.0 Å². The summed E-state index contributed by atoms with van der Waals surface area (Å²) in [6.07, 6.45) is 3.81. The van der Waals surface area contributed by atoms with Crippen molar-refractivity contribution >= 4 is 16.7 Å². The molecule has 116 valence electrons. The van der Waals surface area contributed by atoms with Gasteiger partial charge in [0.25, 0.3) is 0 Å². The van der Waals surface area contributed by atoms with E-state index in [1.54, 1.807) is 6.20 Å². The van der Waals surface area contributed by atoms with E-state index in [1.165, 1.54) is 4.57 Å². The number of carbonyl (C=O) groups excluding carboxylic acids is 1. The fraction of sp³-hybridized carbons (Fsp3) is 0.294. The monoisotopic (exact) mass is 309 g/mol. The highest BCUT2D eigenvalue weighted by Gasteiger charge is 2.45. The van der Waals surface area contributed by atoms with Crippen LogP contribution in [0.25, 0.3) is 16.6 Å². The molecule has 1 aromatic carbocycles. The van der Waals surface area contributed by atoms with Gasteiger partial charge in [0.1, 0.15) is 5.78 Å². The Balaban J connectivity index is 1.77. The highest BCUT2D eigenvalue weighted by molar-refractivity contribution is 5.91. The van der Waals surface area contributed by atoms with Crippen LogP contribution in [0.15, 0.2) is 24.4 Å². The molecule has 6 heteroatoms. The molecule has 0 saturated heterocycles. The van der Waals surface area contributed by atoms with Crippen LogP contribution in [0.2, 0.25) is 0 Å². The SMILES string of the molecule is O=C1C[C@@H]2CC[C@H]1c1c2c(O)n(-c2ccc3[nH]ncc3c2)c1O. The molecule has 23 heavy (non-hydrogen) atoms. The lowest BCUT2D eigenvalue weighted by molar-refractivity contribution is -0.123. The van der Waals surface area contributed by atoms with Crippen molar-refractivity contribution in [3.63, 3.8) is 0 Å². The molecule has 1 saturated carbocycles. The van der Waals surface area contributed by atoms with Gasteiger partial charge in [0, 0.05) is 28.9 Å². The number of aromatic nitrogens is 3. The number of nitrogens with one attached hydrogen (secondary N) is 1. The molecule has 3 aliphatic rings. The second kappa shape index (κ2) is 4.16. The van der Waals surface area contributed by atoms with E-state index in [-0.39, 0.29) is 29.4 Å². The first-order chi connectivity index (χ1) is 11.1. The van der Waals surface area contributed by atoms with Crippen molar-refractivity contribution in [3.8, 4) is 17.4 Å². The Morgan fingerprint density at radius 1 is 1.17 bits per heavy atom. The minimum Gasteiger partial charge on any atom is -0.494 e. The van der Waals surface area contributed by atoms with Crippen LogP contribution in [0.3, 0.4) is 0 Å². The van der Waals surface area contributed by atoms with E-state index in [0.717, 1.165) is 29.3 Å². The Labute approximate surface area is 131 Å². The van der Waals surface area contributed by atoms with Gasteiger partial charge in [-0.2, -0.15) is 5.10 Å². The number of aromatic amines is 1. The Kier molecular flexibility index (Phi) is 2.30. The summed E-state index contributed by atoms with van der Waals surface area (Å²) in [6, 6.07) is 5.53. The molecule has 2 bridgehead atoms. The standard InChI is InChI=1S/C17H15N3O3/c21-13-6-8-1-3-11(13)15-14(8)16(22)20(17(15)23)10-2-4-12-9(5-10)7-18-19-12/h2,4-5,7-8,11,22-23H,1,3,6H2,(H,18,19)/t8-,11+/m0/s1. The van der Waals surface area contributed by atoms with Crippen molar-refractivity contribution in [2.45, 2.75) is 31.1 Å². The van der Waals surface area contributed by atoms with Gasteiger partial charge in [-0.1, -0.05) is 0 Å². The topological polar surface area (TPSA) is 91.1 Å². The number of nitrogens with zero attached hydrogens (tertiary/aromatic N) is 2. The van der Waals surface area contributed by atoms with Crippen LogP contribution in [0.5, 0.6) is 11.8 Å². The number of aromatic hydroxyl groups is 2. The predicted molar refractivity (Wildman–Crippen MR) is 83.1 cm³/mol. The summed E-state index contributed by atoms with van der Waals surface area (Å²) in [4.78, 5) is 12.2. The Bertz CT molecular complexity index is 969. The van der Waals surface area contributed by atoms with Crippen LogP contribution >= 0.6 is 0 Å². The molecule has 0 aliphatic heterocycles. The minimum absolute atomic E-state index is 0.0110. The lowest BCUT2D eigenvalue weighted by Gasteiger charge is -2.34. The first-order valence-corrected chi connectivity index (χ1v) is 7.77. The lowest BCUT2D eigenvalue weighted by atomic mass is 9.67. The molecular weight excluding hydrogens is 294 g/mol. The Morgan fingerprint density at radius 2 is 2.00 bits per heavy atom. The van der Waals surface area contributed by atoms with Crippen LogP contribution in [0, 0.1) is 0 Å². The van der Waals surface area contributed by atoms with E-state index >= 15 is 0 Å². The van der Waals surface area contributed by atoms with E-state index in [2.05, 4.69) is 10.2 Å². The van der Waals surface area contributed by atoms with Crippen LogP contribution in [0.4, 0.5) is 0 Å². The van der Waals surface area contributed by atoms with E-state index < -0.39 is 0 Å². The maximum Gasteiger partial charge on any atom is 0.202 e. The molecular formula is C17H15N3O3. The summed E-state index contributed by atoms with van der Waals surface area (Å²) in [5.41, 5.74) is 2.93. The maximum atomic E-state index is 12.2. The van der Waals surface area contributed by atoms with Gasteiger partial charge in [0.05, 0.1) is 17.4 Å². The van der Waals surface area contributed by atoms with Crippen molar-refractivity contribution in [2.75, 3.05) is 0 Å². The van der Waals surface area contributed by atoms with Gasteiger partial charge < -0.3 is 10.2 Å². The molecule has 0 unspecified atom stereocenters. The lowest BCUT2D eigenvalue weighted by Crippen LogP contribution is -2.28. The molecule has 0 radical (unpaired) electrons. The second-order valence-electron chi connectivity index (χ2n) is 6.45. The van der Waals surface area contributed by atoms with E-state index in [0.29, 0.717) is 17.7 Å². The first-order valence-electron chi connectivity index (χ1n) is 7.77. The number of fused-ring (bicyclic) bond motifs is 3. The molecule has 3 aliphatic carbocycles. The zero-order valence-corrected chi connectivity index (χ0v) is 12.3. The summed E-state index contributed by atoms with van der Waals surface area (Å²) < 4.78 is 1.45. The number of Topliss-reactive ketones (excluding diaryl/α,β-unsaturated/α-hetero) is 1. The molecule has 2 aromatic heterocycles. The Hall–Kier alpha value is -2.76. The quantitative estimate of drug-likeness (QED) is 0.644. The summed E-state index contributed by atoms with van der Waals surface area (Å²) in [5, 5.41) is 29.2. The number of rotatable bonds is 1. The zero-order valence-electron chi connectivity index (χ0n) is 12.3. The first kappa shape index (κ1) is 12.8. The highest BCUT2D eigenvalue weighted by Crippen LogP contribution is 2.55. The summed E-state index contributed by atoms with van der Waals surface area (Å²) in [6.45, 7) is 0. The predicted octanol–water partition coefficient (Wildman–Crippen LogP) is 2.70. The average Bonchev–Trinajstić information content (AvgIpc) is 3.11. The molecule has 2 heterocycles. The number of H-pyrrole nitrogens is 1. The van der Waals surface area contributed by atoms with Crippen LogP contribution in [-0.2, 0) is 4.79 Å². The molecule has 3 aromatic rings. The molecule has 1 fully saturated rings. The highest BCUT2D eigenvalue weighted by atomic mass is 16.3. The third-order valence-electron chi connectivity index (χ3n) is 5.27. The summed E-state index contributed by atoms with van der Waals surface area (Å²) in [7, 11) is 0. The Morgan fingerprint density at radius 3 is 2.83 bits per heavy atom. The number of carbonyl (C=O) groups is 1. The van der Waals surface area contributed by atoms with E-state index in [9.17, 15) is 15.0 Å². The van der Waals surface area contributed by atoms with Gasteiger partial charge in [0.2, 0.25) is 11.8 Å². The van der Waals surface area contributed by atoms with E-state index in [1.807, 2.05) is 18.2 Å². The van der Waals surface area contributed by atoms with Crippen molar-refractivity contribution in [1.29, 1.82) is 0 Å². The summed E-state index contributed by atoms with van der Waals surface area (Å²) >= 11 is 0. The minimum atomic E-state index is -0.278. The van der Waals surface area contributed by atoms with Crippen molar-refractivity contribution in [1.82, 2.24) is 14.8 Å². The zero-order chi connectivity index (χ0) is 15.7. The van der Waals surface area contributed by atoms with Gasteiger partial charge in [0.15, 0.2) is 0 Å². The third-order valence-corrected chi connectivity index (χ3v) is 5.27.